The van der Waals surface area contributed by atoms with Crippen molar-refractivity contribution < 1.29 is 8.22 Å². The molecule has 4 rings (SSSR count). The zero-order chi connectivity index (χ0) is 16.4. The summed E-state index contributed by atoms with van der Waals surface area (Å²) in [7, 11) is 0. The molecule has 2 heterocycles. The van der Waals surface area contributed by atoms with Crippen LogP contribution in [0.4, 0.5) is 0 Å². The molecule has 1 atom stereocenters. The largest absolute Gasteiger partial charge is 0.296 e. The molecule has 2 spiro atoms. The van der Waals surface area contributed by atoms with Crippen LogP contribution in [0.25, 0.3) is 0 Å². The molecule has 0 radical (unpaired) electrons. The Morgan fingerprint density at radius 1 is 1.25 bits per heavy atom. The third-order valence-corrected chi connectivity index (χ3v) is 5.01. The molecule has 0 amide bonds. The van der Waals surface area contributed by atoms with Crippen molar-refractivity contribution in [2.24, 2.45) is 16.7 Å². The van der Waals surface area contributed by atoms with E-state index in [1.54, 1.807) is 0 Å². The van der Waals surface area contributed by atoms with Crippen LogP contribution in [0.15, 0.2) is 0 Å². The van der Waals surface area contributed by atoms with E-state index in [1.807, 2.05) is 13.8 Å². The molecule has 2 aliphatic carbocycles. The molecule has 2 saturated carbocycles. The molecule has 0 aromatic heterocycles. The van der Waals surface area contributed by atoms with E-state index in [0.29, 0.717) is 6.42 Å². The Kier molecular flexibility index (Phi) is 0.962. The molecule has 0 N–H and O–H groups in total. The van der Waals surface area contributed by atoms with E-state index >= 15 is 0 Å². The topological polar surface area (TPSA) is 3.24 Å². The SMILES string of the molecule is [2H]C1([2H])CC2(CC2)[C@@]2(C([2H])([2H])C(C)C)CC3(CC3)C([2H])([2H])N12. The van der Waals surface area contributed by atoms with E-state index in [4.69, 9.17) is 8.22 Å². The normalized spacial score (nSPS) is 54.9. The standard InChI is InChI=1S/C15H25N/c1-12(2)9-15-10-13(3-4-13)11-16(15)8-7-14(15)5-6-14/h12H,3-11H2,1-2H3/t15-/m1/s1/i8D2,9D2,11D2. The quantitative estimate of drug-likeness (QED) is 0.696. The van der Waals surface area contributed by atoms with Crippen LogP contribution < -0.4 is 0 Å². The average Bonchev–Trinajstić information content (AvgIpc) is 3.20. The summed E-state index contributed by atoms with van der Waals surface area (Å²) in [6.07, 6.45) is 2.37. The van der Waals surface area contributed by atoms with Gasteiger partial charge in [0.15, 0.2) is 0 Å². The minimum Gasteiger partial charge on any atom is -0.296 e. The van der Waals surface area contributed by atoms with Gasteiger partial charge in [0.1, 0.15) is 0 Å². The van der Waals surface area contributed by atoms with Gasteiger partial charge < -0.3 is 0 Å². The highest BCUT2D eigenvalue weighted by Gasteiger charge is 2.71. The number of fused-ring (bicyclic) bond motifs is 2. The van der Waals surface area contributed by atoms with Gasteiger partial charge in [-0.25, -0.2) is 0 Å². The summed E-state index contributed by atoms with van der Waals surface area (Å²) in [5.74, 6) is -0.258. The maximum atomic E-state index is 8.84. The van der Waals surface area contributed by atoms with E-state index in [-0.39, 0.29) is 17.8 Å². The van der Waals surface area contributed by atoms with Gasteiger partial charge in [-0.15, -0.1) is 0 Å². The van der Waals surface area contributed by atoms with Crippen molar-refractivity contribution in [3.63, 3.8) is 0 Å². The van der Waals surface area contributed by atoms with E-state index in [9.17, 15) is 0 Å². The average molecular weight is 225 g/mol. The van der Waals surface area contributed by atoms with Gasteiger partial charge >= 0.3 is 0 Å². The monoisotopic (exact) mass is 225 g/mol. The first-order valence-corrected chi connectivity index (χ1v) is 6.69. The van der Waals surface area contributed by atoms with Crippen LogP contribution in [0, 0.1) is 16.7 Å². The third kappa shape index (κ3) is 1.06. The van der Waals surface area contributed by atoms with Gasteiger partial charge in [-0.2, -0.15) is 0 Å². The molecule has 0 bridgehead atoms. The van der Waals surface area contributed by atoms with Gasteiger partial charge in [0.25, 0.3) is 0 Å². The zero-order valence-electron chi connectivity index (χ0n) is 16.3. The fraction of sp³-hybridized carbons (Fsp3) is 1.00. The second-order valence-electron chi connectivity index (χ2n) is 6.68. The summed E-state index contributed by atoms with van der Waals surface area (Å²) < 4.78 is 52.0. The smallest absolute Gasteiger partial charge is 0.0437 e. The molecule has 90 valence electrons. The Morgan fingerprint density at radius 2 is 2.00 bits per heavy atom. The molecule has 2 aliphatic heterocycles. The Hall–Kier alpha value is -0.0400. The lowest BCUT2D eigenvalue weighted by Gasteiger charge is -2.39. The fourth-order valence-corrected chi connectivity index (χ4v) is 3.84. The van der Waals surface area contributed by atoms with Crippen molar-refractivity contribution in [1.29, 1.82) is 0 Å². The van der Waals surface area contributed by atoms with Gasteiger partial charge in [0, 0.05) is 20.3 Å². The van der Waals surface area contributed by atoms with E-state index in [0.717, 1.165) is 25.7 Å². The summed E-state index contributed by atoms with van der Waals surface area (Å²) in [4.78, 5) is 1.38. The molecule has 0 unspecified atom stereocenters. The van der Waals surface area contributed by atoms with Crippen LogP contribution in [-0.2, 0) is 0 Å². The van der Waals surface area contributed by atoms with E-state index in [2.05, 4.69) is 0 Å². The Morgan fingerprint density at radius 3 is 2.56 bits per heavy atom. The van der Waals surface area contributed by atoms with Crippen molar-refractivity contribution in [1.82, 2.24) is 4.90 Å². The summed E-state index contributed by atoms with van der Waals surface area (Å²) in [5, 5.41) is 0. The first-order chi connectivity index (χ1) is 9.89. The Bertz CT molecular complexity index is 534. The Balaban J connectivity index is 1.97. The van der Waals surface area contributed by atoms with Gasteiger partial charge in [0.2, 0.25) is 0 Å². The molecular weight excluding hydrogens is 194 g/mol. The minimum absolute atomic E-state index is 0.258. The summed E-state index contributed by atoms with van der Waals surface area (Å²) >= 11 is 0. The number of rotatable bonds is 2. The fourth-order valence-electron chi connectivity index (χ4n) is 3.84. The van der Waals surface area contributed by atoms with Gasteiger partial charge in [-0.3, -0.25) is 4.90 Å². The highest BCUT2D eigenvalue weighted by Crippen LogP contribution is 2.73. The molecule has 1 nitrogen and oxygen atoms in total. The number of nitrogens with zero attached hydrogens (tertiary/aromatic N) is 1. The first kappa shape index (κ1) is 5.73. The van der Waals surface area contributed by atoms with Gasteiger partial charge in [-0.05, 0) is 68.1 Å². The Labute approximate surface area is 108 Å². The van der Waals surface area contributed by atoms with Crippen LogP contribution in [0.3, 0.4) is 0 Å². The molecule has 4 fully saturated rings. The highest BCUT2D eigenvalue weighted by molar-refractivity contribution is 5.25. The molecular formula is C15H25N. The minimum atomic E-state index is -1.76. The predicted molar refractivity (Wildman–Crippen MR) is 66.3 cm³/mol. The van der Waals surface area contributed by atoms with E-state index in [1.165, 1.54) is 4.90 Å². The third-order valence-electron chi connectivity index (χ3n) is 5.01. The lowest BCUT2D eigenvalue weighted by Crippen LogP contribution is -2.45. The summed E-state index contributed by atoms with van der Waals surface area (Å²) in [6, 6.07) is 0. The van der Waals surface area contributed by atoms with Crippen molar-refractivity contribution in [2.45, 2.75) is 64.3 Å². The van der Waals surface area contributed by atoms with Crippen LogP contribution in [0.2, 0.25) is 0 Å². The van der Waals surface area contributed by atoms with Crippen molar-refractivity contribution in [2.75, 3.05) is 13.0 Å². The first-order valence-electron chi connectivity index (χ1n) is 9.69. The molecule has 0 aromatic carbocycles. The van der Waals surface area contributed by atoms with Crippen molar-refractivity contribution in [3.8, 4) is 0 Å². The summed E-state index contributed by atoms with van der Waals surface area (Å²) in [5.41, 5.74) is -1.89. The van der Waals surface area contributed by atoms with Crippen LogP contribution >= 0.6 is 0 Å². The van der Waals surface area contributed by atoms with E-state index < -0.39 is 30.3 Å². The molecule has 16 heavy (non-hydrogen) atoms. The maximum absolute atomic E-state index is 8.84. The van der Waals surface area contributed by atoms with Gasteiger partial charge in [-0.1, -0.05) is 13.8 Å². The molecule has 0 aromatic rings. The van der Waals surface area contributed by atoms with Gasteiger partial charge in [0.05, 0.1) is 0 Å². The van der Waals surface area contributed by atoms with Crippen molar-refractivity contribution >= 4 is 0 Å². The highest BCUT2D eigenvalue weighted by atomic mass is 15.3. The zero-order valence-corrected chi connectivity index (χ0v) is 10.3. The van der Waals surface area contributed by atoms with Crippen LogP contribution in [0.5, 0.6) is 0 Å². The lowest BCUT2D eigenvalue weighted by atomic mass is 9.72. The van der Waals surface area contributed by atoms with Crippen LogP contribution in [-0.4, -0.2) is 23.4 Å². The number of hydrogen-bond donors (Lipinski definition) is 0. The second kappa shape index (κ2) is 2.68. The van der Waals surface area contributed by atoms with Crippen LogP contribution in [0.1, 0.15) is 67.0 Å². The molecule has 4 aliphatic rings. The second-order valence-corrected chi connectivity index (χ2v) is 6.68. The van der Waals surface area contributed by atoms with Crippen molar-refractivity contribution in [3.05, 3.63) is 0 Å². The summed E-state index contributed by atoms with van der Waals surface area (Å²) in [6.45, 7) is 0.202. The number of hydrogen-bond acceptors (Lipinski definition) is 1. The lowest BCUT2D eigenvalue weighted by molar-refractivity contribution is 0.107. The predicted octanol–water partition coefficient (Wildman–Crippen LogP) is 3.44. The molecule has 2 saturated heterocycles. The molecule has 1 heteroatoms. The maximum Gasteiger partial charge on any atom is 0.0437 e.